The van der Waals surface area contributed by atoms with E-state index in [1.807, 2.05) is 27.7 Å². The molecule has 5 nitrogen and oxygen atoms in total. The van der Waals surface area contributed by atoms with E-state index in [4.69, 9.17) is 5.11 Å². The fraction of sp³-hybridized carbons (Fsp3) is 0.818. The van der Waals surface area contributed by atoms with Gasteiger partial charge in [0.2, 0.25) is 0 Å². The van der Waals surface area contributed by atoms with Crippen molar-refractivity contribution in [2.45, 2.75) is 46.3 Å². The number of hydrogen-bond donors (Lipinski definition) is 2. The maximum absolute atomic E-state index is 11.8. The van der Waals surface area contributed by atoms with Gasteiger partial charge >= 0.3 is 11.8 Å². The van der Waals surface area contributed by atoms with E-state index in [-0.39, 0.29) is 12.1 Å². The molecule has 0 saturated heterocycles. The van der Waals surface area contributed by atoms with E-state index in [1.165, 1.54) is 4.90 Å². The van der Waals surface area contributed by atoms with Gasteiger partial charge in [-0.1, -0.05) is 0 Å². The van der Waals surface area contributed by atoms with Crippen LogP contribution < -0.4 is 5.32 Å². The van der Waals surface area contributed by atoms with Crippen LogP contribution in [0.5, 0.6) is 0 Å². The highest BCUT2D eigenvalue weighted by atomic mass is 16.3. The van der Waals surface area contributed by atoms with Gasteiger partial charge in [0.15, 0.2) is 0 Å². The van der Waals surface area contributed by atoms with Crippen LogP contribution in [-0.4, -0.2) is 46.6 Å². The first kappa shape index (κ1) is 14.9. The summed E-state index contributed by atoms with van der Waals surface area (Å²) in [6.07, 6.45) is -0.651. The topological polar surface area (TPSA) is 69.6 Å². The molecular weight excluding hydrogens is 208 g/mol. The molecule has 1 unspecified atom stereocenters. The van der Waals surface area contributed by atoms with E-state index in [0.29, 0.717) is 6.54 Å². The quantitative estimate of drug-likeness (QED) is 0.677. The molecule has 0 heterocycles. The lowest BCUT2D eigenvalue weighted by molar-refractivity contribution is -0.149. The third-order valence-corrected chi connectivity index (χ3v) is 2.12. The number of aliphatic hydroxyl groups is 1. The van der Waals surface area contributed by atoms with Crippen LogP contribution in [0.4, 0.5) is 0 Å². The van der Waals surface area contributed by atoms with E-state index in [0.717, 1.165) is 0 Å². The average Bonchev–Trinajstić information content (AvgIpc) is 2.12. The van der Waals surface area contributed by atoms with Gasteiger partial charge in [-0.05, 0) is 34.6 Å². The minimum atomic E-state index is -0.669. The molecule has 0 aliphatic heterocycles. The molecule has 2 amide bonds. The largest absolute Gasteiger partial charge is 0.392 e. The average molecular weight is 230 g/mol. The molecule has 0 bridgehead atoms. The summed E-state index contributed by atoms with van der Waals surface area (Å²) >= 11 is 0. The minimum Gasteiger partial charge on any atom is -0.392 e. The van der Waals surface area contributed by atoms with Gasteiger partial charge in [0.25, 0.3) is 0 Å². The van der Waals surface area contributed by atoms with Crippen LogP contribution in [0, 0.1) is 0 Å². The summed E-state index contributed by atoms with van der Waals surface area (Å²) in [7, 11) is 0. The van der Waals surface area contributed by atoms with Crippen molar-refractivity contribution in [1.29, 1.82) is 0 Å². The standard InChI is InChI=1S/C11H22N2O3/c1-6-13(11(3,4)5)10(16)9(15)12-7-8(2)14/h8,14H,6-7H2,1-5H3,(H,12,15). The lowest BCUT2D eigenvalue weighted by Crippen LogP contribution is -2.52. The van der Waals surface area contributed by atoms with E-state index < -0.39 is 17.9 Å². The number of carbonyl (C=O) groups is 2. The predicted octanol–water partition coefficient (Wildman–Crippen LogP) is 0.130. The van der Waals surface area contributed by atoms with Crippen molar-refractivity contribution in [2.75, 3.05) is 13.1 Å². The monoisotopic (exact) mass is 230 g/mol. The number of nitrogens with one attached hydrogen (secondary N) is 1. The zero-order chi connectivity index (χ0) is 12.9. The van der Waals surface area contributed by atoms with Gasteiger partial charge in [-0.2, -0.15) is 0 Å². The van der Waals surface area contributed by atoms with Crippen LogP contribution >= 0.6 is 0 Å². The molecule has 2 N–H and O–H groups in total. The van der Waals surface area contributed by atoms with Crippen molar-refractivity contribution in [1.82, 2.24) is 10.2 Å². The van der Waals surface area contributed by atoms with Gasteiger partial charge in [-0.15, -0.1) is 0 Å². The second-order valence-corrected chi connectivity index (χ2v) is 4.78. The Morgan fingerprint density at radius 3 is 2.19 bits per heavy atom. The minimum absolute atomic E-state index is 0.0896. The second-order valence-electron chi connectivity index (χ2n) is 4.78. The molecule has 0 aliphatic rings. The van der Waals surface area contributed by atoms with Gasteiger partial charge in [0.05, 0.1) is 6.10 Å². The van der Waals surface area contributed by atoms with Gasteiger partial charge in [0.1, 0.15) is 0 Å². The summed E-state index contributed by atoms with van der Waals surface area (Å²) in [5.74, 6) is -1.23. The molecule has 5 heteroatoms. The molecule has 0 rings (SSSR count). The van der Waals surface area contributed by atoms with Crippen molar-refractivity contribution in [2.24, 2.45) is 0 Å². The fourth-order valence-corrected chi connectivity index (χ4v) is 1.36. The number of likely N-dealkylation sites (N-methyl/N-ethyl adjacent to an activating group) is 1. The van der Waals surface area contributed by atoms with Crippen LogP contribution in [0.3, 0.4) is 0 Å². The van der Waals surface area contributed by atoms with Crippen LogP contribution in [-0.2, 0) is 9.59 Å². The molecule has 0 radical (unpaired) electrons. The highest BCUT2D eigenvalue weighted by Gasteiger charge is 2.29. The predicted molar refractivity (Wildman–Crippen MR) is 61.8 cm³/mol. The number of hydrogen-bond acceptors (Lipinski definition) is 3. The molecule has 1 atom stereocenters. The van der Waals surface area contributed by atoms with Gasteiger partial charge in [0, 0.05) is 18.6 Å². The van der Waals surface area contributed by atoms with Gasteiger partial charge < -0.3 is 15.3 Å². The zero-order valence-electron chi connectivity index (χ0n) is 10.7. The first-order valence-corrected chi connectivity index (χ1v) is 5.48. The molecule has 0 saturated carbocycles. The number of carbonyl (C=O) groups excluding carboxylic acids is 2. The Bertz CT molecular complexity index is 256. The van der Waals surface area contributed by atoms with E-state index >= 15 is 0 Å². The number of nitrogens with zero attached hydrogens (tertiary/aromatic N) is 1. The molecule has 0 fully saturated rings. The summed E-state index contributed by atoms with van der Waals surface area (Å²) in [5.41, 5.74) is -0.381. The van der Waals surface area contributed by atoms with Gasteiger partial charge in [-0.25, -0.2) is 0 Å². The number of rotatable bonds is 3. The summed E-state index contributed by atoms with van der Waals surface area (Å²) in [5, 5.41) is 11.4. The van der Waals surface area contributed by atoms with Crippen LogP contribution in [0.25, 0.3) is 0 Å². The summed E-state index contributed by atoms with van der Waals surface area (Å²) in [6, 6.07) is 0. The van der Waals surface area contributed by atoms with Crippen molar-refractivity contribution in [3.8, 4) is 0 Å². The highest BCUT2D eigenvalue weighted by Crippen LogP contribution is 2.12. The molecule has 0 aromatic heterocycles. The molecule has 94 valence electrons. The Morgan fingerprint density at radius 2 is 1.88 bits per heavy atom. The lowest BCUT2D eigenvalue weighted by atomic mass is 10.1. The molecule has 16 heavy (non-hydrogen) atoms. The maximum Gasteiger partial charge on any atom is 0.312 e. The Labute approximate surface area is 96.8 Å². The van der Waals surface area contributed by atoms with Crippen molar-refractivity contribution in [3.05, 3.63) is 0 Å². The molecule has 0 aromatic carbocycles. The Balaban J connectivity index is 4.47. The lowest BCUT2D eigenvalue weighted by Gasteiger charge is -2.34. The summed E-state index contributed by atoms with van der Waals surface area (Å²) in [6.45, 7) is 9.55. The molecule has 0 aliphatic carbocycles. The normalized spacial score (nSPS) is 13.1. The number of aliphatic hydroxyl groups excluding tert-OH is 1. The Hall–Kier alpha value is -1.10. The molecule has 0 aromatic rings. The SMILES string of the molecule is CCN(C(=O)C(=O)NCC(C)O)C(C)(C)C. The Morgan fingerprint density at radius 1 is 1.38 bits per heavy atom. The smallest absolute Gasteiger partial charge is 0.312 e. The first-order valence-electron chi connectivity index (χ1n) is 5.48. The number of amides is 2. The maximum atomic E-state index is 11.8. The van der Waals surface area contributed by atoms with Crippen LogP contribution in [0.15, 0.2) is 0 Å². The summed E-state index contributed by atoms with van der Waals surface area (Å²) in [4.78, 5) is 24.7. The van der Waals surface area contributed by atoms with E-state index in [2.05, 4.69) is 5.32 Å². The van der Waals surface area contributed by atoms with Crippen LogP contribution in [0.2, 0.25) is 0 Å². The third-order valence-electron chi connectivity index (χ3n) is 2.12. The van der Waals surface area contributed by atoms with Crippen molar-refractivity contribution in [3.63, 3.8) is 0 Å². The highest BCUT2D eigenvalue weighted by molar-refractivity contribution is 6.35. The van der Waals surface area contributed by atoms with E-state index in [1.54, 1.807) is 6.92 Å². The zero-order valence-corrected chi connectivity index (χ0v) is 10.7. The molecular formula is C11H22N2O3. The second kappa shape index (κ2) is 5.84. The van der Waals surface area contributed by atoms with Crippen molar-refractivity contribution >= 4 is 11.8 Å². The van der Waals surface area contributed by atoms with E-state index in [9.17, 15) is 9.59 Å². The third kappa shape index (κ3) is 4.61. The van der Waals surface area contributed by atoms with Crippen molar-refractivity contribution < 1.29 is 14.7 Å². The summed E-state index contributed by atoms with van der Waals surface area (Å²) < 4.78 is 0. The Kier molecular flexibility index (Phi) is 5.44. The molecule has 0 spiro atoms. The van der Waals surface area contributed by atoms with Crippen LogP contribution in [0.1, 0.15) is 34.6 Å². The fourth-order valence-electron chi connectivity index (χ4n) is 1.36. The van der Waals surface area contributed by atoms with Gasteiger partial charge in [-0.3, -0.25) is 9.59 Å². The first-order chi connectivity index (χ1) is 7.20.